The lowest BCUT2D eigenvalue weighted by atomic mass is 9.95. The number of methoxy groups -OCH3 is 2. The summed E-state index contributed by atoms with van der Waals surface area (Å²) in [5, 5.41) is 3.49. The van der Waals surface area contributed by atoms with Crippen LogP contribution in [-0.4, -0.2) is 64.1 Å². The van der Waals surface area contributed by atoms with Gasteiger partial charge < -0.3 is 14.8 Å². The van der Waals surface area contributed by atoms with Crippen molar-refractivity contribution in [3.05, 3.63) is 0 Å². The molecule has 3 atom stereocenters. The molecule has 2 rings (SSSR count). The molecule has 2 aliphatic rings. The topological polar surface area (TPSA) is 33.7 Å². The molecule has 3 unspecified atom stereocenters. The van der Waals surface area contributed by atoms with Crippen molar-refractivity contribution in [1.82, 2.24) is 10.2 Å². The Labute approximate surface area is 111 Å². The zero-order valence-electron chi connectivity index (χ0n) is 11.9. The molecule has 0 aliphatic carbocycles. The van der Waals surface area contributed by atoms with E-state index in [-0.39, 0.29) is 12.2 Å². The van der Waals surface area contributed by atoms with Crippen LogP contribution < -0.4 is 5.32 Å². The molecular formula is C14H28N2O2. The van der Waals surface area contributed by atoms with Gasteiger partial charge in [0.05, 0.1) is 12.2 Å². The maximum absolute atomic E-state index is 5.46. The van der Waals surface area contributed by atoms with Gasteiger partial charge in [0.25, 0.3) is 0 Å². The van der Waals surface area contributed by atoms with Crippen LogP contribution in [0.2, 0.25) is 0 Å². The molecule has 0 spiro atoms. The van der Waals surface area contributed by atoms with E-state index in [1.165, 1.54) is 45.3 Å². The van der Waals surface area contributed by atoms with E-state index in [9.17, 15) is 0 Å². The van der Waals surface area contributed by atoms with Crippen LogP contribution in [0.15, 0.2) is 0 Å². The molecule has 2 heterocycles. The Balaban J connectivity index is 1.62. The number of ether oxygens (including phenoxy) is 2. The minimum atomic E-state index is 0.256. The Morgan fingerprint density at radius 3 is 2.44 bits per heavy atom. The third-order valence-corrected chi connectivity index (χ3v) is 4.38. The van der Waals surface area contributed by atoms with Crippen LogP contribution in [0.5, 0.6) is 0 Å². The van der Waals surface area contributed by atoms with Crippen molar-refractivity contribution >= 4 is 0 Å². The molecule has 0 aromatic heterocycles. The summed E-state index contributed by atoms with van der Waals surface area (Å²) >= 11 is 0. The van der Waals surface area contributed by atoms with Crippen molar-refractivity contribution < 1.29 is 9.47 Å². The third-order valence-electron chi connectivity index (χ3n) is 4.38. The molecule has 0 bridgehead atoms. The number of hydrogen-bond acceptors (Lipinski definition) is 4. The molecule has 0 radical (unpaired) electrons. The predicted molar refractivity (Wildman–Crippen MR) is 72.9 cm³/mol. The summed E-state index contributed by atoms with van der Waals surface area (Å²) in [5.74, 6) is 0.901. The zero-order valence-corrected chi connectivity index (χ0v) is 11.9. The smallest absolute Gasteiger partial charge is 0.0971 e. The van der Waals surface area contributed by atoms with Gasteiger partial charge in [-0.05, 0) is 51.2 Å². The molecule has 4 heteroatoms. The first-order valence-electron chi connectivity index (χ1n) is 7.32. The fraction of sp³-hybridized carbons (Fsp3) is 1.00. The fourth-order valence-electron chi connectivity index (χ4n) is 3.23. The summed E-state index contributed by atoms with van der Waals surface area (Å²) in [6, 6.07) is 0. The van der Waals surface area contributed by atoms with E-state index in [1.54, 1.807) is 14.2 Å². The molecular weight excluding hydrogens is 228 g/mol. The minimum absolute atomic E-state index is 0.256. The summed E-state index contributed by atoms with van der Waals surface area (Å²) in [6.07, 6.45) is 5.94. The lowest BCUT2D eigenvalue weighted by Crippen LogP contribution is -2.30. The van der Waals surface area contributed by atoms with Crippen LogP contribution in [0, 0.1) is 5.92 Å². The summed E-state index contributed by atoms with van der Waals surface area (Å²) in [6.45, 7) is 5.68. The Morgan fingerprint density at radius 2 is 1.89 bits per heavy atom. The van der Waals surface area contributed by atoms with E-state index in [4.69, 9.17) is 9.47 Å². The van der Waals surface area contributed by atoms with E-state index in [0.29, 0.717) is 0 Å². The third kappa shape index (κ3) is 3.92. The molecule has 0 amide bonds. The summed E-state index contributed by atoms with van der Waals surface area (Å²) in [5.41, 5.74) is 0. The number of piperidine rings is 1. The number of likely N-dealkylation sites (tertiary alicyclic amines) is 1. The first-order chi connectivity index (χ1) is 8.83. The van der Waals surface area contributed by atoms with E-state index in [1.807, 2.05) is 0 Å². The zero-order chi connectivity index (χ0) is 12.8. The number of nitrogens with one attached hydrogen (secondary N) is 1. The lowest BCUT2D eigenvalue weighted by molar-refractivity contribution is -0.00461. The van der Waals surface area contributed by atoms with Crippen LogP contribution in [-0.2, 0) is 9.47 Å². The van der Waals surface area contributed by atoms with Gasteiger partial charge in [-0.2, -0.15) is 0 Å². The SMILES string of the molecule is COC1CN(CCCC2CCCNC2)CC1OC. The molecule has 2 saturated heterocycles. The van der Waals surface area contributed by atoms with Crippen molar-refractivity contribution in [2.45, 2.75) is 37.9 Å². The fourth-order valence-corrected chi connectivity index (χ4v) is 3.23. The Kier molecular flexibility index (Phi) is 5.89. The Hall–Kier alpha value is -0.160. The van der Waals surface area contributed by atoms with Gasteiger partial charge in [-0.25, -0.2) is 0 Å². The van der Waals surface area contributed by atoms with E-state index in [0.717, 1.165) is 19.0 Å². The quantitative estimate of drug-likeness (QED) is 0.772. The highest BCUT2D eigenvalue weighted by Crippen LogP contribution is 2.19. The predicted octanol–water partition coefficient (Wildman–Crippen LogP) is 1.11. The van der Waals surface area contributed by atoms with Crippen molar-refractivity contribution in [3.8, 4) is 0 Å². The van der Waals surface area contributed by atoms with E-state index >= 15 is 0 Å². The molecule has 0 aromatic carbocycles. The molecule has 1 N–H and O–H groups in total. The van der Waals surface area contributed by atoms with Gasteiger partial charge in [-0.15, -0.1) is 0 Å². The van der Waals surface area contributed by atoms with Crippen LogP contribution >= 0.6 is 0 Å². The summed E-state index contributed by atoms with van der Waals surface area (Å²) in [4.78, 5) is 2.48. The van der Waals surface area contributed by atoms with Gasteiger partial charge in [0.2, 0.25) is 0 Å². The standard InChI is InChI=1S/C14H28N2O2/c1-17-13-10-16(11-14(13)18-2)8-4-6-12-5-3-7-15-9-12/h12-15H,3-11H2,1-2H3. The van der Waals surface area contributed by atoms with Gasteiger partial charge in [0, 0.05) is 27.3 Å². The average Bonchev–Trinajstić information content (AvgIpc) is 2.82. The number of nitrogens with zero attached hydrogens (tertiary/aromatic N) is 1. The normalized spacial score (nSPS) is 34.0. The molecule has 2 fully saturated rings. The van der Waals surface area contributed by atoms with Crippen LogP contribution in [0.3, 0.4) is 0 Å². The lowest BCUT2D eigenvalue weighted by Gasteiger charge is -2.23. The average molecular weight is 256 g/mol. The molecule has 4 nitrogen and oxygen atoms in total. The van der Waals surface area contributed by atoms with Crippen LogP contribution in [0.25, 0.3) is 0 Å². The van der Waals surface area contributed by atoms with Crippen molar-refractivity contribution in [3.63, 3.8) is 0 Å². The van der Waals surface area contributed by atoms with Gasteiger partial charge in [-0.3, -0.25) is 4.90 Å². The number of hydrogen-bond donors (Lipinski definition) is 1. The maximum atomic E-state index is 5.46. The maximum Gasteiger partial charge on any atom is 0.0971 e. The summed E-state index contributed by atoms with van der Waals surface area (Å²) < 4.78 is 10.9. The Bertz CT molecular complexity index is 220. The van der Waals surface area contributed by atoms with Crippen molar-refractivity contribution in [1.29, 1.82) is 0 Å². The van der Waals surface area contributed by atoms with E-state index in [2.05, 4.69) is 10.2 Å². The minimum Gasteiger partial charge on any atom is -0.377 e. The first-order valence-corrected chi connectivity index (χ1v) is 7.32. The van der Waals surface area contributed by atoms with Gasteiger partial charge in [0.15, 0.2) is 0 Å². The molecule has 18 heavy (non-hydrogen) atoms. The monoisotopic (exact) mass is 256 g/mol. The van der Waals surface area contributed by atoms with Crippen LogP contribution in [0.1, 0.15) is 25.7 Å². The molecule has 2 aliphatic heterocycles. The molecule has 0 saturated carbocycles. The van der Waals surface area contributed by atoms with Crippen LogP contribution in [0.4, 0.5) is 0 Å². The second-order valence-corrected chi connectivity index (χ2v) is 5.66. The highest BCUT2D eigenvalue weighted by Gasteiger charge is 2.32. The van der Waals surface area contributed by atoms with E-state index < -0.39 is 0 Å². The highest BCUT2D eigenvalue weighted by atomic mass is 16.5. The van der Waals surface area contributed by atoms with Crippen molar-refractivity contribution in [2.24, 2.45) is 5.92 Å². The highest BCUT2D eigenvalue weighted by molar-refractivity contribution is 4.85. The largest absolute Gasteiger partial charge is 0.377 e. The summed E-state index contributed by atoms with van der Waals surface area (Å²) in [7, 11) is 3.57. The molecule has 106 valence electrons. The second kappa shape index (κ2) is 7.43. The second-order valence-electron chi connectivity index (χ2n) is 5.66. The Morgan fingerprint density at radius 1 is 1.17 bits per heavy atom. The molecule has 0 aromatic rings. The van der Waals surface area contributed by atoms with Gasteiger partial charge in [0.1, 0.15) is 0 Å². The number of rotatable bonds is 6. The first kappa shape index (κ1) is 14.3. The van der Waals surface area contributed by atoms with Gasteiger partial charge >= 0.3 is 0 Å². The van der Waals surface area contributed by atoms with Gasteiger partial charge in [-0.1, -0.05) is 0 Å². The van der Waals surface area contributed by atoms with Crippen molar-refractivity contribution in [2.75, 3.05) is 46.9 Å².